The van der Waals surface area contributed by atoms with Crippen LogP contribution >= 0.6 is 15.9 Å². The topological polar surface area (TPSA) is 72.6 Å². The van der Waals surface area contributed by atoms with Gasteiger partial charge in [0.15, 0.2) is 6.61 Å². The highest BCUT2D eigenvalue weighted by Gasteiger charge is 2.14. The number of carboxylic acids is 1. The van der Waals surface area contributed by atoms with E-state index >= 15 is 0 Å². The number of carbonyl (C=O) groups is 1. The van der Waals surface area contributed by atoms with E-state index in [0.29, 0.717) is 11.3 Å². The predicted octanol–water partition coefficient (Wildman–Crippen LogP) is 2.71. The Morgan fingerprint density at radius 3 is 2.94 bits per heavy atom. The summed E-state index contributed by atoms with van der Waals surface area (Å²) in [5, 5.41) is 12.3. The maximum absolute atomic E-state index is 13.4. The number of aromatic nitrogens is 1. The number of nitrogens with zero attached hydrogens (tertiary/aromatic N) is 1. The molecule has 0 saturated carbocycles. The summed E-state index contributed by atoms with van der Waals surface area (Å²) >= 11 is 3.04. The van der Waals surface area contributed by atoms with E-state index in [1.54, 1.807) is 6.07 Å². The van der Waals surface area contributed by atoms with Crippen molar-refractivity contribution in [2.75, 3.05) is 6.61 Å². The standard InChI is InChI=1S/C11H7BrFNO4/c12-7-3-6(9-1-2-18-14-9)10(4-8(7)13)17-5-11(15)16/h1-4H,5H2,(H,15,16). The molecule has 0 spiro atoms. The molecule has 2 rings (SSSR count). The Balaban J connectivity index is 2.42. The maximum atomic E-state index is 13.4. The molecule has 0 bridgehead atoms. The largest absolute Gasteiger partial charge is 0.481 e. The van der Waals surface area contributed by atoms with Gasteiger partial charge in [-0.3, -0.25) is 0 Å². The SMILES string of the molecule is O=C(O)COc1cc(F)c(Br)cc1-c1ccon1. The van der Waals surface area contributed by atoms with Gasteiger partial charge in [0.1, 0.15) is 23.5 Å². The molecule has 1 N–H and O–H groups in total. The van der Waals surface area contributed by atoms with Gasteiger partial charge in [-0.1, -0.05) is 5.16 Å². The molecule has 18 heavy (non-hydrogen) atoms. The highest BCUT2D eigenvalue weighted by Crippen LogP contribution is 2.33. The minimum Gasteiger partial charge on any atom is -0.481 e. The zero-order chi connectivity index (χ0) is 13.1. The summed E-state index contributed by atoms with van der Waals surface area (Å²) in [7, 11) is 0. The van der Waals surface area contributed by atoms with Crippen molar-refractivity contribution in [1.82, 2.24) is 5.16 Å². The third-order valence-corrected chi connectivity index (χ3v) is 2.70. The van der Waals surface area contributed by atoms with Gasteiger partial charge in [-0.15, -0.1) is 0 Å². The lowest BCUT2D eigenvalue weighted by Crippen LogP contribution is -2.10. The first-order valence-corrected chi connectivity index (χ1v) is 5.61. The molecule has 0 radical (unpaired) electrons. The quantitative estimate of drug-likeness (QED) is 0.939. The molecule has 1 heterocycles. The molecule has 0 aliphatic rings. The van der Waals surface area contributed by atoms with Crippen LogP contribution < -0.4 is 4.74 Å². The lowest BCUT2D eigenvalue weighted by atomic mass is 10.1. The van der Waals surface area contributed by atoms with Crippen molar-refractivity contribution in [2.45, 2.75) is 0 Å². The number of carboxylic acid groups (broad SMARTS) is 1. The molecule has 0 amide bonds. The fourth-order valence-electron chi connectivity index (χ4n) is 1.34. The van der Waals surface area contributed by atoms with Crippen molar-refractivity contribution in [3.63, 3.8) is 0 Å². The molecule has 0 fully saturated rings. The van der Waals surface area contributed by atoms with Crippen molar-refractivity contribution >= 4 is 21.9 Å². The van der Waals surface area contributed by atoms with Crippen LogP contribution in [0.15, 0.2) is 33.5 Å². The monoisotopic (exact) mass is 315 g/mol. The minimum atomic E-state index is -1.15. The second-order valence-electron chi connectivity index (χ2n) is 3.33. The summed E-state index contributed by atoms with van der Waals surface area (Å²) in [4.78, 5) is 10.5. The van der Waals surface area contributed by atoms with Gasteiger partial charge in [0.05, 0.1) is 4.47 Å². The summed E-state index contributed by atoms with van der Waals surface area (Å²) < 4.78 is 23.3. The van der Waals surface area contributed by atoms with Crippen molar-refractivity contribution in [3.8, 4) is 17.0 Å². The third-order valence-electron chi connectivity index (χ3n) is 2.09. The molecule has 0 aliphatic heterocycles. The Morgan fingerprint density at radius 2 is 2.33 bits per heavy atom. The highest BCUT2D eigenvalue weighted by atomic mass is 79.9. The smallest absolute Gasteiger partial charge is 0.341 e. The van der Waals surface area contributed by atoms with Gasteiger partial charge >= 0.3 is 5.97 Å². The third kappa shape index (κ3) is 2.67. The number of aliphatic carboxylic acids is 1. The lowest BCUT2D eigenvalue weighted by molar-refractivity contribution is -0.139. The van der Waals surface area contributed by atoms with Crippen LogP contribution in [0.5, 0.6) is 5.75 Å². The molecule has 5 nitrogen and oxygen atoms in total. The molecule has 0 aliphatic carbocycles. The zero-order valence-corrected chi connectivity index (χ0v) is 10.5. The first-order chi connectivity index (χ1) is 8.58. The Kier molecular flexibility index (Phi) is 3.61. The van der Waals surface area contributed by atoms with E-state index in [1.165, 1.54) is 12.3 Å². The van der Waals surface area contributed by atoms with E-state index in [1.807, 2.05) is 0 Å². The van der Waals surface area contributed by atoms with Gasteiger partial charge in [-0.05, 0) is 22.0 Å². The van der Waals surface area contributed by atoms with E-state index in [9.17, 15) is 9.18 Å². The maximum Gasteiger partial charge on any atom is 0.341 e. The van der Waals surface area contributed by atoms with Crippen molar-refractivity contribution < 1.29 is 23.6 Å². The zero-order valence-electron chi connectivity index (χ0n) is 8.89. The second-order valence-corrected chi connectivity index (χ2v) is 4.18. The minimum absolute atomic E-state index is 0.0898. The number of halogens is 2. The van der Waals surface area contributed by atoms with Gasteiger partial charge in [0.2, 0.25) is 0 Å². The van der Waals surface area contributed by atoms with Crippen LogP contribution in [0.4, 0.5) is 4.39 Å². The molecule has 0 unspecified atom stereocenters. The van der Waals surface area contributed by atoms with Crippen molar-refractivity contribution in [2.24, 2.45) is 0 Å². The number of hydrogen-bond acceptors (Lipinski definition) is 4. The first kappa shape index (κ1) is 12.6. The molecule has 1 aromatic carbocycles. The Morgan fingerprint density at radius 1 is 1.56 bits per heavy atom. The van der Waals surface area contributed by atoms with Crippen LogP contribution in [0.1, 0.15) is 0 Å². The highest BCUT2D eigenvalue weighted by molar-refractivity contribution is 9.10. The van der Waals surface area contributed by atoms with E-state index in [4.69, 9.17) is 9.84 Å². The predicted molar refractivity (Wildman–Crippen MR) is 62.7 cm³/mol. The summed E-state index contributed by atoms with van der Waals surface area (Å²) in [5.41, 5.74) is 0.870. The van der Waals surface area contributed by atoms with Gasteiger partial charge in [-0.2, -0.15) is 0 Å². The molecule has 0 atom stereocenters. The van der Waals surface area contributed by atoms with Crippen LogP contribution in [-0.4, -0.2) is 22.8 Å². The average molecular weight is 316 g/mol. The first-order valence-electron chi connectivity index (χ1n) is 4.82. The van der Waals surface area contributed by atoms with E-state index in [-0.39, 0.29) is 10.2 Å². The Bertz CT molecular complexity index is 571. The number of hydrogen-bond donors (Lipinski definition) is 1. The summed E-state index contributed by atoms with van der Waals surface area (Å²) in [6.45, 7) is -0.564. The Labute approximate surface area is 109 Å². The summed E-state index contributed by atoms with van der Waals surface area (Å²) in [6, 6.07) is 4.11. The molecule has 94 valence electrons. The van der Waals surface area contributed by atoms with E-state index in [2.05, 4.69) is 25.6 Å². The van der Waals surface area contributed by atoms with Crippen LogP contribution in [0.2, 0.25) is 0 Å². The van der Waals surface area contributed by atoms with E-state index < -0.39 is 18.4 Å². The van der Waals surface area contributed by atoms with Crippen LogP contribution in [0.25, 0.3) is 11.3 Å². The fourth-order valence-corrected chi connectivity index (χ4v) is 1.68. The second kappa shape index (κ2) is 5.18. The number of rotatable bonds is 4. The fraction of sp³-hybridized carbons (Fsp3) is 0.0909. The van der Waals surface area contributed by atoms with Crippen LogP contribution in [-0.2, 0) is 4.79 Å². The number of ether oxygens (including phenoxy) is 1. The van der Waals surface area contributed by atoms with Gasteiger partial charge in [0, 0.05) is 17.7 Å². The van der Waals surface area contributed by atoms with Crippen LogP contribution in [0, 0.1) is 5.82 Å². The molecule has 2 aromatic rings. The summed E-state index contributed by atoms with van der Waals surface area (Å²) in [5.74, 6) is -1.61. The van der Waals surface area contributed by atoms with Crippen molar-refractivity contribution in [3.05, 3.63) is 34.8 Å². The molecular formula is C11H7BrFNO4. The van der Waals surface area contributed by atoms with Gasteiger partial charge < -0.3 is 14.4 Å². The van der Waals surface area contributed by atoms with Crippen molar-refractivity contribution in [1.29, 1.82) is 0 Å². The van der Waals surface area contributed by atoms with Crippen LogP contribution in [0.3, 0.4) is 0 Å². The Hall–Kier alpha value is -1.89. The molecule has 7 heteroatoms. The lowest BCUT2D eigenvalue weighted by Gasteiger charge is -2.09. The normalized spacial score (nSPS) is 10.3. The van der Waals surface area contributed by atoms with E-state index in [0.717, 1.165) is 6.07 Å². The number of benzene rings is 1. The van der Waals surface area contributed by atoms with Gasteiger partial charge in [-0.25, -0.2) is 9.18 Å². The average Bonchev–Trinajstić information content (AvgIpc) is 2.83. The molecule has 1 aromatic heterocycles. The molecular weight excluding hydrogens is 309 g/mol. The van der Waals surface area contributed by atoms with Gasteiger partial charge in [0.25, 0.3) is 0 Å². The molecule has 0 saturated heterocycles. The summed E-state index contributed by atoms with van der Waals surface area (Å²) in [6.07, 6.45) is 1.35.